The van der Waals surface area contributed by atoms with Crippen molar-refractivity contribution >= 4 is 5.91 Å². The quantitative estimate of drug-likeness (QED) is 0.726. The van der Waals surface area contributed by atoms with Crippen LogP contribution < -0.4 is 5.32 Å². The lowest BCUT2D eigenvalue weighted by Gasteiger charge is -2.33. The lowest BCUT2D eigenvalue weighted by atomic mass is 9.95. The van der Waals surface area contributed by atoms with Gasteiger partial charge < -0.3 is 20.4 Å². The topological polar surface area (TPSA) is 72.8 Å². The molecule has 22 heavy (non-hydrogen) atoms. The van der Waals surface area contributed by atoms with Crippen LogP contribution in [0.4, 0.5) is 0 Å². The zero-order valence-corrected chi connectivity index (χ0v) is 13.4. The van der Waals surface area contributed by atoms with Gasteiger partial charge in [-0.2, -0.15) is 0 Å². The van der Waals surface area contributed by atoms with Gasteiger partial charge in [0.1, 0.15) is 0 Å². The van der Waals surface area contributed by atoms with E-state index in [1.807, 2.05) is 0 Å². The number of rotatable bonds is 5. The molecule has 2 rings (SSSR count). The molecule has 0 aromatic heterocycles. The fraction of sp³-hybridized carbons (Fsp3) is 0.588. The molecule has 0 saturated carbocycles. The van der Waals surface area contributed by atoms with Gasteiger partial charge in [0.2, 0.25) is 5.91 Å². The number of hydrogen-bond acceptors (Lipinski definition) is 4. The fourth-order valence-electron chi connectivity index (χ4n) is 2.88. The van der Waals surface area contributed by atoms with Crippen molar-refractivity contribution in [2.75, 3.05) is 19.6 Å². The number of phenolic OH excluding ortho intramolecular Hbond substituents is 2. The molecule has 122 valence electrons. The smallest absolute Gasteiger partial charge is 0.223 e. The van der Waals surface area contributed by atoms with Crippen LogP contribution in [0.25, 0.3) is 0 Å². The van der Waals surface area contributed by atoms with Crippen LogP contribution in [0.5, 0.6) is 11.5 Å². The zero-order chi connectivity index (χ0) is 16.1. The molecule has 5 nitrogen and oxygen atoms in total. The molecule has 0 spiro atoms. The van der Waals surface area contributed by atoms with Crippen LogP contribution in [-0.4, -0.2) is 46.7 Å². The van der Waals surface area contributed by atoms with Crippen molar-refractivity contribution < 1.29 is 15.0 Å². The molecular weight excluding hydrogens is 280 g/mol. The standard InChI is InChI=1S/C17H26N2O3/c1-12(2)19-9-6-14(7-10-19)17(22)18-8-5-13-3-4-15(20)16(21)11-13/h3-4,11-12,14,20-21H,5-10H2,1-2H3,(H,18,22). The Kier molecular flexibility index (Phi) is 5.66. The molecule has 1 aromatic carbocycles. The Morgan fingerprint density at radius 3 is 2.55 bits per heavy atom. The molecule has 1 saturated heterocycles. The second-order valence-electron chi connectivity index (χ2n) is 6.27. The molecule has 1 aromatic rings. The number of benzene rings is 1. The third-order valence-corrected chi connectivity index (χ3v) is 4.38. The highest BCUT2D eigenvalue weighted by Crippen LogP contribution is 2.25. The van der Waals surface area contributed by atoms with Crippen LogP contribution in [0.1, 0.15) is 32.3 Å². The normalized spacial score (nSPS) is 16.9. The molecule has 1 fully saturated rings. The van der Waals surface area contributed by atoms with Crippen molar-refractivity contribution in [3.8, 4) is 11.5 Å². The number of carbonyl (C=O) groups excluding carboxylic acids is 1. The van der Waals surface area contributed by atoms with Crippen LogP contribution in [0.2, 0.25) is 0 Å². The van der Waals surface area contributed by atoms with Gasteiger partial charge in [0.05, 0.1) is 0 Å². The van der Waals surface area contributed by atoms with Crippen molar-refractivity contribution in [3.05, 3.63) is 23.8 Å². The Morgan fingerprint density at radius 1 is 1.27 bits per heavy atom. The first kappa shape index (κ1) is 16.6. The summed E-state index contributed by atoms with van der Waals surface area (Å²) in [5.41, 5.74) is 0.894. The lowest BCUT2D eigenvalue weighted by Crippen LogP contribution is -2.43. The highest BCUT2D eigenvalue weighted by atomic mass is 16.3. The van der Waals surface area contributed by atoms with Gasteiger partial charge >= 0.3 is 0 Å². The number of hydrogen-bond donors (Lipinski definition) is 3. The number of aromatic hydroxyl groups is 2. The summed E-state index contributed by atoms with van der Waals surface area (Å²) in [4.78, 5) is 14.6. The summed E-state index contributed by atoms with van der Waals surface area (Å²) in [7, 11) is 0. The van der Waals surface area contributed by atoms with E-state index in [1.54, 1.807) is 6.07 Å². The van der Waals surface area contributed by atoms with Gasteiger partial charge in [-0.15, -0.1) is 0 Å². The minimum Gasteiger partial charge on any atom is -0.504 e. The average Bonchev–Trinajstić information content (AvgIpc) is 2.51. The molecule has 0 bridgehead atoms. The zero-order valence-electron chi connectivity index (χ0n) is 13.4. The van der Waals surface area contributed by atoms with Gasteiger partial charge in [-0.3, -0.25) is 4.79 Å². The second-order valence-corrected chi connectivity index (χ2v) is 6.27. The summed E-state index contributed by atoms with van der Waals surface area (Å²) < 4.78 is 0. The van der Waals surface area contributed by atoms with Gasteiger partial charge in [-0.05, 0) is 63.9 Å². The van der Waals surface area contributed by atoms with E-state index in [4.69, 9.17) is 0 Å². The fourth-order valence-corrected chi connectivity index (χ4v) is 2.88. The van der Waals surface area contributed by atoms with Crippen molar-refractivity contribution in [3.63, 3.8) is 0 Å². The third kappa shape index (κ3) is 4.37. The van der Waals surface area contributed by atoms with E-state index in [-0.39, 0.29) is 23.3 Å². The van der Waals surface area contributed by atoms with Gasteiger partial charge in [-0.1, -0.05) is 6.07 Å². The van der Waals surface area contributed by atoms with Crippen LogP contribution in [0, 0.1) is 5.92 Å². The van der Waals surface area contributed by atoms with E-state index < -0.39 is 0 Å². The van der Waals surface area contributed by atoms with Crippen LogP contribution >= 0.6 is 0 Å². The molecule has 0 aliphatic carbocycles. The van der Waals surface area contributed by atoms with E-state index >= 15 is 0 Å². The van der Waals surface area contributed by atoms with Gasteiger partial charge in [-0.25, -0.2) is 0 Å². The number of carbonyl (C=O) groups is 1. The molecular formula is C17H26N2O3. The first-order valence-electron chi connectivity index (χ1n) is 8.00. The van der Waals surface area contributed by atoms with E-state index in [2.05, 4.69) is 24.1 Å². The second kappa shape index (κ2) is 7.49. The Morgan fingerprint density at radius 2 is 1.95 bits per heavy atom. The third-order valence-electron chi connectivity index (χ3n) is 4.38. The summed E-state index contributed by atoms with van der Waals surface area (Å²) in [5.74, 6) is 0.00390. The largest absolute Gasteiger partial charge is 0.504 e. The highest BCUT2D eigenvalue weighted by Gasteiger charge is 2.25. The Hall–Kier alpha value is -1.75. The maximum atomic E-state index is 12.2. The maximum Gasteiger partial charge on any atom is 0.223 e. The SMILES string of the molecule is CC(C)N1CCC(C(=O)NCCc2ccc(O)c(O)c2)CC1. The predicted molar refractivity (Wildman–Crippen MR) is 85.9 cm³/mol. The summed E-state index contributed by atoms with van der Waals surface area (Å²) in [6.45, 7) is 6.90. The number of piperidine rings is 1. The molecule has 0 radical (unpaired) electrons. The van der Waals surface area contributed by atoms with Crippen molar-refractivity contribution in [1.82, 2.24) is 10.2 Å². The Balaban J connectivity index is 1.73. The van der Waals surface area contributed by atoms with E-state index in [9.17, 15) is 15.0 Å². The number of nitrogens with zero attached hydrogens (tertiary/aromatic N) is 1. The van der Waals surface area contributed by atoms with Gasteiger partial charge in [0.25, 0.3) is 0 Å². The van der Waals surface area contributed by atoms with Gasteiger partial charge in [0.15, 0.2) is 11.5 Å². The summed E-state index contributed by atoms with van der Waals surface area (Å²) >= 11 is 0. The Labute approximate surface area is 131 Å². The summed E-state index contributed by atoms with van der Waals surface area (Å²) in [5, 5.41) is 21.7. The molecule has 1 aliphatic rings. The van der Waals surface area contributed by atoms with Crippen molar-refractivity contribution in [1.29, 1.82) is 0 Å². The molecule has 5 heteroatoms. The predicted octanol–water partition coefficient (Wildman–Crippen LogP) is 1.88. The van der Waals surface area contributed by atoms with E-state index in [1.165, 1.54) is 12.1 Å². The first-order valence-corrected chi connectivity index (χ1v) is 8.00. The number of phenols is 2. The number of likely N-dealkylation sites (tertiary alicyclic amines) is 1. The van der Waals surface area contributed by atoms with Crippen LogP contribution in [0.3, 0.4) is 0 Å². The molecule has 0 atom stereocenters. The number of amides is 1. The molecule has 3 N–H and O–H groups in total. The maximum absolute atomic E-state index is 12.2. The summed E-state index contributed by atoms with van der Waals surface area (Å²) in [6.07, 6.45) is 2.48. The first-order chi connectivity index (χ1) is 10.5. The Bertz CT molecular complexity index is 509. The van der Waals surface area contributed by atoms with Crippen LogP contribution in [-0.2, 0) is 11.2 Å². The highest BCUT2D eigenvalue weighted by molar-refractivity contribution is 5.78. The monoisotopic (exact) mass is 306 g/mol. The van der Waals surface area contributed by atoms with Crippen LogP contribution in [0.15, 0.2) is 18.2 Å². The lowest BCUT2D eigenvalue weighted by molar-refractivity contribution is -0.126. The average molecular weight is 306 g/mol. The molecule has 1 heterocycles. The molecule has 1 amide bonds. The van der Waals surface area contributed by atoms with E-state index in [0.717, 1.165) is 31.5 Å². The van der Waals surface area contributed by atoms with E-state index in [0.29, 0.717) is 19.0 Å². The molecule has 0 unspecified atom stereocenters. The van der Waals surface area contributed by atoms with Crippen molar-refractivity contribution in [2.45, 2.75) is 39.2 Å². The molecule has 1 aliphatic heterocycles. The van der Waals surface area contributed by atoms with Crippen molar-refractivity contribution in [2.24, 2.45) is 5.92 Å². The minimum atomic E-state index is -0.121. The number of nitrogens with one attached hydrogen (secondary N) is 1. The van der Waals surface area contributed by atoms with Gasteiger partial charge in [0, 0.05) is 18.5 Å². The summed E-state index contributed by atoms with van der Waals surface area (Å²) in [6, 6.07) is 5.30. The minimum absolute atomic E-state index is 0.114.